The first-order valence-corrected chi connectivity index (χ1v) is 8.07. The summed E-state index contributed by atoms with van der Waals surface area (Å²) in [6.45, 7) is 4.94. The van der Waals surface area contributed by atoms with Crippen molar-refractivity contribution in [3.8, 4) is 6.07 Å². The smallest absolute Gasteiger partial charge is 0.144 e. The molecule has 2 atom stereocenters. The zero-order valence-electron chi connectivity index (χ0n) is 12.9. The Morgan fingerprint density at radius 2 is 1.90 bits per heavy atom. The summed E-state index contributed by atoms with van der Waals surface area (Å²) in [7, 11) is 0. The number of pyridine rings is 1. The van der Waals surface area contributed by atoms with Crippen molar-refractivity contribution < 1.29 is 0 Å². The number of rotatable bonds is 2. The quantitative estimate of drug-likeness (QED) is 0.887. The summed E-state index contributed by atoms with van der Waals surface area (Å²) in [5, 5.41) is 13.0. The van der Waals surface area contributed by atoms with Gasteiger partial charge in [-0.2, -0.15) is 5.26 Å². The van der Waals surface area contributed by atoms with Crippen LogP contribution in [0.15, 0.2) is 18.3 Å². The summed E-state index contributed by atoms with van der Waals surface area (Å²) in [4.78, 5) is 4.44. The molecule has 0 aromatic carbocycles. The first kappa shape index (κ1) is 13.1. The monoisotopic (exact) mass is 281 g/mol. The van der Waals surface area contributed by atoms with Gasteiger partial charge in [0.05, 0.1) is 5.56 Å². The topological polar surface area (TPSA) is 48.7 Å². The number of nitrogens with one attached hydrogen (secondary N) is 1. The van der Waals surface area contributed by atoms with Gasteiger partial charge in [-0.1, -0.05) is 13.8 Å². The maximum atomic E-state index is 9.30. The van der Waals surface area contributed by atoms with Crippen LogP contribution in [-0.2, 0) is 0 Å². The Labute approximate surface area is 126 Å². The molecule has 0 spiro atoms. The summed E-state index contributed by atoms with van der Waals surface area (Å²) >= 11 is 0. The lowest BCUT2D eigenvalue weighted by Gasteiger charge is -2.65. The normalized spacial score (nSPS) is 43.6. The average molecular weight is 281 g/mol. The van der Waals surface area contributed by atoms with Crippen LogP contribution in [-0.4, -0.2) is 10.5 Å². The molecule has 1 N–H and O–H groups in total. The Kier molecular flexibility index (Phi) is 2.50. The molecule has 3 heteroatoms. The standard InChI is InChI=1S/C18H23N3/c1-16-6-13-7-17(2,10-16)12-18(8-13,11-16)21-15-14(9-19)4-3-5-20-15/h3-5,13H,6-8,10-12H2,1-2H3,(H,20,21). The van der Waals surface area contributed by atoms with Crippen molar-refractivity contribution in [3.63, 3.8) is 0 Å². The third kappa shape index (κ3) is 2.04. The van der Waals surface area contributed by atoms with Gasteiger partial charge < -0.3 is 5.32 Å². The van der Waals surface area contributed by atoms with Gasteiger partial charge >= 0.3 is 0 Å². The molecule has 0 aliphatic heterocycles. The van der Waals surface area contributed by atoms with Crippen LogP contribution < -0.4 is 5.32 Å². The molecule has 4 fully saturated rings. The van der Waals surface area contributed by atoms with E-state index in [4.69, 9.17) is 0 Å². The Bertz CT molecular complexity index is 612. The second-order valence-corrected chi connectivity index (χ2v) is 8.55. The predicted molar refractivity (Wildman–Crippen MR) is 82.7 cm³/mol. The molecular formula is C18H23N3. The van der Waals surface area contributed by atoms with E-state index >= 15 is 0 Å². The number of hydrogen-bond acceptors (Lipinski definition) is 3. The number of anilines is 1. The molecule has 4 aliphatic carbocycles. The van der Waals surface area contributed by atoms with Gasteiger partial charge in [0.15, 0.2) is 0 Å². The number of nitrogens with zero attached hydrogens (tertiary/aromatic N) is 2. The van der Waals surface area contributed by atoms with Crippen molar-refractivity contribution in [2.45, 2.75) is 57.9 Å². The summed E-state index contributed by atoms with van der Waals surface area (Å²) < 4.78 is 0. The van der Waals surface area contributed by atoms with E-state index in [1.807, 2.05) is 12.1 Å². The van der Waals surface area contributed by atoms with Crippen molar-refractivity contribution in [1.82, 2.24) is 4.98 Å². The Morgan fingerprint density at radius 3 is 2.52 bits per heavy atom. The van der Waals surface area contributed by atoms with Crippen LogP contribution in [0, 0.1) is 28.1 Å². The first-order valence-electron chi connectivity index (χ1n) is 8.07. The van der Waals surface area contributed by atoms with Crippen LogP contribution >= 0.6 is 0 Å². The zero-order chi connectivity index (χ0) is 14.7. The molecule has 3 nitrogen and oxygen atoms in total. The highest BCUT2D eigenvalue weighted by molar-refractivity contribution is 5.53. The lowest BCUT2D eigenvalue weighted by molar-refractivity contribution is -0.0974. The van der Waals surface area contributed by atoms with Crippen molar-refractivity contribution in [2.75, 3.05) is 5.32 Å². The van der Waals surface area contributed by atoms with Crippen molar-refractivity contribution in [2.24, 2.45) is 16.7 Å². The highest BCUT2D eigenvalue weighted by atomic mass is 15.1. The fraction of sp³-hybridized carbons (Fsp3) is 0.667. The highest BCUT2D eigenvalue weighted by Gasteiger charge is 2.60. The second kappa shape index (κ2) is 4.00. The molecule has 1 heterocycles. The van der Waals surface area contributed by atoms with E-state index in [2.05, 4.69) is 30.2 Å². The van der Waals surface area contributed by atoms with Crippen LogP contribution in [0.1, 0.15) is 57.9 Å². The van der Waals surface area contributed by atoms with E-state index in [0.717, 1.165) is 11.7 Å². The van der Waals surface area contributed by atoms with Gasteiger partial charge in [0, 0.05) is 11.7 Å². The molecule has 0 saturated heterocycles. The van der Waals surface area contributed by atoms with Gasteiger partial charge in [-0.25, -0.2) is 4.98 Å². The first-order chi connectivity index (χ1) is 9.93. The second-order valence-electron chi connectivity index (χ2n) is 8.55. The molecule has 1 aromatic rings. The van der Waals surface area contributed by atoms with Crippen LogP contribution in [0.4, 0.5) is 5.82 Å². The molecule has 4 bridgehead atoms. The fourth-order valence-electron chi connectivity index (χ4n) is 6.43. The minimum Gasteiger partial charge on any atom is -0.363 e. The fourth-order valence-corrected chi connectivity index (χ4v) is 6.43. The van der Waals surface area contributed by atoms with E-state index < -0.39 is 0 Å². The van der Waals surface area contributed by atoms with Gasteiger partial charge in [-0.05, 0) is 67.4 Å². The Hall–Kier alpha value is -1.56. The Morgan fingerprint density at radius 1 is 1.19 bits per heavy atom. The van der Waals surface area contributed by atoms with Gasteiger partial charge in [0.25, 0.3) is 0 Å². The molecule has 5 rings (SSSR count). The van der Waals surface area contributed by atoms with E-state index in [0.29, 0.717) is 16.4 Å². The molecule has 0 radical (unpaired) electrons. The third-order valence-electron chi connectivity index (χ3n) is 5.94. The summed E-state index contributed by atoms with van der Waals surface area (Å²) in [6.07, 6.45) is 9.64. The predicted octanol–water partition coefficient (Wildman–Crippen LogP) is 4.11. The molecule has 21 heavy (non-hydrogen) atoms. The maximum absolute atomic E-state index is 9.30. The van der Waals surface area contributed by atoms with E-state index in [1.165, 1.54) is 38.5 Å². The molecular weight excluding hydrogens is 258 g/mol. The lowest BCUT2D eigenvalue weighted by Crippen LogP contribution is -2.61. The maximum Gasteiger partial charge on any atom is 0.144 e. The van der Waals surface area contributed by atoms with Crippen LogP contribution in [0.3, 0.4) is 0 Å². The largest absolute Gasteiger partial charge is 0.363 e. The minimum absolute atomic E-state index is 0.156. The van der Waals surface area contributed by atoms with Gasteiger partial charge in [0.1, 0.15) is 11.9 Å². The van der Waals surface area contributed by atoms with Crippen molar-refractivity contribution in [1.29, 1.82) is 5.26 Å². The highest BCUT2D eigenvalue weighted by Crippen LogP contribution is 2.66. The van der Waals surface area contributed by atoms with E-state index in [-0.39, 0.29) is 5.54 Å². The third-order valence-corrected chi connectivity index (χ3v) is 5.94. The summed E-state index contributed by atoms with van der Waals surface area (Å²) in [5.74, 6) is 1.63. The molecule has 110 valence electrons. The summed E-state index contributed by atoms with van der Waals surface area (Å²) in [5.41, 5.74) is 1.78. The van der Waals surface area contributed by atoms with Crippen molar-refractivity contribution in [3.05, 3.63) is 23.9 Å². The summed E-state index contributed by atoms with van der Waals surface area (Å²) in [6, 6.07) is 5.97. The van der Waals surface area contributed by atoms with Gasteiger partial charge in [0.2, 0.25) is 0 Å². The molecule has 2 unspecified atom stereocenters. The lowest BCUT2D eigenvalue weighted by atomic mass is 9.43. The Balaban J connectivity index is 1.70. The SMILES string of the molecule is CC12CC3CC(C)(C1)CC(Nc1ncccc1C#N)(C3)C2. The number of nitriles is 1. The van der Waals surface area contributed by atoms with Crippen LogP contribution in [0.25, 0.3) is 0 Å². The zero-order valence-corrected chi connectivity index (χ0v) is 12.9. The van der Waals surface area contributed by atoms with E-state index in [9.17, 15) is 5.26 Å². The molecule has 1 aromatic heterocycles. The van der Waals surface area contributed by atoms with Gasteiger partial charge in [-0.3, -0.25) is 0 Å². The molecule has 4 saturated carbocycles. The van der Waals surface area contributed by atoms with Crippen molar-refractivity contribution >= 4 is 5.82 Å². The number of hydrogen-bond donors (Lipinski definition) is 1. The van der Waals surface area contributed by atoms with Gasteiger partial charge in [-0.15, -0.1) is 0 Å². The molecule has 4 aliphatic rings. The number of aromatic nitrogens is 1. The average Bonchev–Trinajstić information content (AvgIpc) is 2.34. The van der Waals surface area contributed by atoms with Crippen LogP contribution in [0.2, 0.25) is 0 Å². The minimum atomic E-state index is 0.156. The molecule has 0 amide bonds. The van der Waals surface area contributed by atoms with E-state index in [1.54, 1.807) is 6.20 Å². The van der Waals surface area contributed by atoms with Crippen LogP contribution in [0.5, 0.6) is 0 Å².